The van der Waals surface area contributed by atoms with Crippen LogP contribution in [0.1, 0.15) is 26.7 Å². The SMILES string of the molecule is CCN(CC)c1nc(=O)c2cc(NC(=O)CCCCl)ccc2s1. The highest BCUT2D eigenvalue weighted by molar-refractivity contribution is 7.21. The molecule has 2 rings (SSSR count). The van der Waals surface area contributed by atoms with Crippen molar-refractivity contribution in [2.75, 3.05) is 29.2 Å². The number of benzene rings is 1. The van der Waals surface area contributed by atoms with Gasteiger partial charge < -0.3 is 10.2 Å². The van der Waals surface area contributed by atoms with Gasteiger partial charge in [-0.1, -0.05) is 11.3 Å². The summed E-state index contributed by atoms with van der Waals surface area (Å²) >= 11 is 7.06. The number of aromatic nitrogens is 1. The first kappa shape index (κ1) is 17.7. The number of anilines is 2. The number of carbonyl (C=O) groups is 1. The number of carbonyl (C=O) groups excluding carboxylic acids is 1. The van der Waals surface area contributed by atoms with Gasteiger partial charge in [-0.2, -0.15) is 4.98 Å². The Kier molecular flexibility index (Phi) is 6.36. The smallest absolute Gasteiger partial charge is 0.281 e. The molecule has 0 unspecified atom stereocenters. The third-order valence-corrected chi connectivity index (χ3v) is 4.84. The lowest BCUT2D eigenvalue weighted by Crippen LogP contribution is -2.24. The lowest BCUT2D eigenvalue weighted by atomic mass is 10.2. The summed E-state index contributed by atoms with van der Waals surface area (Å²) < 4.78 is 0.866. The van der Waals surface area contributed by atoms with Gasteiger partial charge >= 0.3 is 0 Å². The van der Waals surface area contributed by atoms with E-state index < -0.39 is 0 Å². The summed E-state index contributed by atoms with van der Waals surface area (Å²) in [5, 5.41) is 4.04. The molecule has 1 aromatic heterocycles. The molecule has 124 valence electrons. The predicted octanol–water partition coefficient (Wildman–Crippen LogP) is 3.46. The van der Waals surface area contributed by atoms with Crippen molar-refractivity contribution in [2.45, 2.75) is 26.7 Å². The minimum absolute atomic E-state index is 0.103. The highest BCUT2D eigenvalue weighted by atomic mass is 35.5. The number of nitrogens with zero attached hydrogens (tertiary/aromatic N) is 2. The fourth-order valence-electron chi connectivity index (χ4n) is 2.21. The number of alkyl halides is 1. The molecule has 0 saturated carbocycles. The zero-order chi connectivity index (χ0) is 16.8. The molecule has 7 heteroatoms. The van der Waals surface area contributed by atoms with E-state index in [-0.39, 0.29) is 11.5 Å². The lowest BCUT2D eigenvalue weighted by molar-refractivity contribution is -0.116. The second-order valence-electron chi connectivity index (χ2n) is 5.03. The number of hydrogen-bond acceptors (Lipinski definition) is 5. The molecule has 0 fully saturated rings. The van der Waals surface area contributed by atoms with Crippen molar-refractivity contribution in [1.82, 2.24) is 4.98 Å². The summed E-state index contributed by atoms with van der Waals surface area (Å²) in [6.45, 7) is 5.68. The van der Waals surface area contributed by atoms with Crippen molar-refractivity contribution in [2.24, 2.45) is 0 Å². The lowest BCUT2D eigenvalue weighted by Gasteiger charge is -2.18. The van der Waals surface area contributed by atoms with Gasteiger partial charge in [-0.25, -0.2) is 0 Å². The van der Waals surface area contributed by atoms with Gasteiger partial charge in [0.1, 0.15) is 0 Å². The van der Waals surface area contributed by atoms with Gasteiger partial charge in [-0.3, -0.25) is 9.59 Å². The Hall–Kier alpha value is -1.66. The standard InChI is InChI=1S/C16H20ClN3O2S/c1-3-20(4-2)16-19-15(22)12-10-11(7-8-13(12)23-16)18-14(21)6-5-9-17/h7-8,10H,3-6,9H2,1-2H3,(H,18,21). The maximum absolute atomic E-state index is 12.3. The molecular formula is C16H20ClN3O2S. The van der Waals surface area contributed by atoms with Crippen molar-refractivity contribution in [3.63, 3.8) is 0 Å². The Bertz CT molecular complexity index is 744. The summed E-state index contributed by atoms with van der Waals surface area (Å²) in [4.78, 5) is 30.3. The summed E-state index contributed by atoms with van der Waals surface area (Å²) in [7, 11) is 0. The van der Waals surface area contributed by atoms with Crippen LogP contribution in [-0.2, 0) is 4.79 Å². The molecule has 0 spiro atoms. The third-order valence-electron chi connectivity index (χ3n) is 3.46. The molecule has 0 atom stereocenters. The number of halogens is 1. The zero-order valence-corrected chi connectivity index (χ0v) is 14.8. The van der Waals surface area contributed by atoms with Crippen molar-refractivity contribution in [3.8, 4) is 0 Å². The number of rotatable bonds is 7. The molecule has 0 aliphatic carbocycles. The van der Waals surface area contributed by atoms with E-state index in [0.29, 0.717) is 29.8 Å². The number of hydrogen-bond donors (Lipinski definition) is 1. The molecule has 2 aromatic rings. The highest BCUT2D eigenvalue weighted by Crippen LogP contribution is 2.26. The van der Waals surface area contributed by atoms with Crippen LogP contribution in [0.15, 0.2) is 23.0 Å². The van der Waals surface area contributed by atoms with Crippen LogP contribution < -0.4 is 15.8 Å². The van der Waals surface area contributed by atoms with E-state index in [9.17, 15) is 9.59 Å². The van der Waals surface area contributed by atoms with E-state index in [0.717, 1.165) is 22.9 Å². The van der Waals surface area contributed by atoms with Gasteiger partial charge in [-0.05, 0) is 38.5 Å². The minimum Gasteiger partial charge on any atom is -0.349 e. The molecule has 0 aliphatic heterocycles. The number of fused-ring (bicyclic) bond motifs is 1. The maximum Gasteiger partial charge on any atom is 0.281 e. The first-order valence-corrected chi connectivity index (χ1v) is 8.99. The van der Waals surface area contributed by atoms with E-state index in [4.69, 9.17) is 11.6 Å². The van der Waals surface area contributed by atoms with Gasteiger partial charge in [-0.15, -0.1) is 11.6 Å². The summed E-state index contributed by atoms with van der Waals surface area (Å²) in [5.74, 6) is 0.351. The van der Waals surface area contributed by atoms with Crippen LogP contribution in [0.3, 0.4) is 0 Å². The topological polar surface area (TPSA) is 62.3 Å². The molecule has 1 heterocycles. The molecular weight excluding hydrogens is 334 g/mol. The Labute approximate surface area is 144 Å². The van der Waals surface area contributed by atoms with Gasteiger partial charge in [0.15, 0.2) is 5.13 Å². The Morgan fingerprint density at radius 2 is 2.09 bits per heavy atom. The van der Waals surface area contributed by atoms with Crippen molar-refractivity contribution >= 4 is 49.7 Å². The van der Waals surface area contributed by atoms with E-state index in [2.05, 4.69) is 10.3 Å². The normalized spacial score (nSPS) is 10.7. The fraction of sp³-hybridized carbons (Fsp3) is 0.438. The average Bonchev–Trinajstić information content (AvgIpc) is 2.54. The second-order valence-corrected chi connectivity index (χ2v) is 6.41. The largest absolute Gasteiger partial charge is 0.349 e. The van der Waals surface area contributed by atoms with Crippen molar-refractivity contribution < 1.29 is 4.79 Å². The molecule has 1 N–H and O–H groups in total. The fourth-order valence-corrected chi connectivity index (χ4v) is 3.45. The van der Waals surface area contributed by atoms with Crippen molar-refractivity contribution in [3.05, 3.63) is 28.6 Å². The molecule has 0 radical (unpaired) electrons. The summed E-state index contributed by atoms with van der Waals surface area (Å²) in [6, 6.07) is 5.35. The number of amides is 1. The summed E-state index contributed by atoms with van der Waals surface area (Å²) in [6.07, 6.45) is 0.998. The predicted molar refractivity (Wildman–Crippen MR) is 98.0 cm³/mol. The van der Waals surface area contributed by atoms with Gasteiger partial charge in [0, 0.05) is 35.8 Å². The quantitative estimate of drug-likeness (QED) is 0.774. The molecule has 1 amide bonds. The zero-order valence-electron chi connectivity index (χ0n) is 13.3. The van der Waals surface area contributed by atoms with Crippen LogP contribution >= 0.6 is 22.9 Å². The molecule has 23 heavy (non-hydrogen) atoms. The second kappa shape index (κ2) is 8.26. The first-order valence-electron chi connectivity index (χ1n) is 7.64. The van der Waals surface area contributed by atoms with Crippen LogP contribution in [0.2, 0.25) is 0 Å². The molecule has 5 nitrogen and oxygen atoms in total. The van der Waals surface area contributed by atoms with E-state index in [1.807, 2.05) is 30.9 Å². The molecule has 0 aliphatic rings. The van der Waals surface area contributed by atoms with Crippen LogP contribution in [0, 0.1) is 0 Å². The minimum atomic E-state index is -0.266. The van der Waals surface area contributed by atoms with Crippen LogP contribution in [-0.4, -0.2) is 29.9 Å². The third kappa shape index (κ3) is 4.42. The van der Waals surface area contributed by atoms with Crippen LogP contribution in [0.5, 0.6) is 0 Å². The average molecular weight is 354 g/mol. The first-order chi connectivity index (χ1) is 11.1. The Morgan fingerprint density at radius 3 is 2.74 bits per heavy atom. The molecule has 0 saturated heterocycles. The van der Waals surface area contributed by atoms with E-state index in [1.165, 1.54) is 11.3 Å². The maximum atomic E-state index is 12.3. The summed E-state index contributed by atoms with van der Waals surface area (Å²) in [5.41, 5.74) is 0.344. The van der Waals surface area contributed by atoms with Gasteiger partial charge in [0.2, 0.25) is 5.91 Å². The van der Waals surface area contributed by atoms with E-state index in [1.54, 1.807) is 6.07 Å². The van der Waals surface area contributed by atoms with E-state index >= 15 is 0 Å². The monoisotopic (exact) mass is 353 g/mol. The molecule has 1 aromatic carbocycles. The van der Waals surface area contributed by atoms with Gasteiger partial charge in [0.25, 0.3) is 5.56 Å². The Balaban J connectivity index is 2.30. The van der Waals surface area contributed by atoms with Crippen molar-refractivity contribution in [1.29, 1.82) is 0 Å². The molecule has 0 bridgehead atoms. The van der Waals surface area contributed by atoms with Gasteiger partial charge in [0.05, 0.1) is 5.39 Å². The van der Waals surface area contributed by atoms with Crippen LogP contribution in [0.4, 0.5) is 10.8 Å². The van der Waals surface area contributed by atoms with Crippen LogP contribution in [0.25, 0.3) is 10.1 Å². The number of nitrogens with one attached hydrogen (secondary N) is 1. The highest BCUT2D eigenvalue weighted by Gasteiger charge is 2.10. The Morgan fingerprint density at radius 1 is 1.35 bits per heavy atom.